The van der Waals surface area contributed by atoms with Crippen LogP contribution in [0.2, 0.25) is 5.02 Å². The van der Waals surface area contributed by atoms with Crippen LogP contribution in [0.4, 0.5) is 5.95 Å². The van der Waals surface area contributed by atoms with Gasteiger partial charge >= 0.3 is 0 Å². The molecule has 1 atom stereocenters. The number of rotatable bonds is 6. The zero-order valence-corrected chi connectivity index (χ0v) is 20.0. The second-order valence-corrected chi connectivity index (χ2v) is 10.7. The van der Waals surface area contributed by atoms with Gasteiger partial charge in [-0.25, -0.2) is 27.4 Å². The van der Waals surface area contributed by atoms with Gasteiger partial charge < -0.3 is 5.32 Å². The molecule has 5 rings (SSSR count). The van der Waals surface area contributed by atoms with Gasteiger partial charge in [0.2, 0.25) is 5.95 Å². The quantitative estimate of drug-likeness (QED) is 0.389. The summed E-state index contributed by atoms with van der Waals surface area (Å²) in [6.45, 7) is 2.42. The van der Waals surface area contributed by atoms with E-state index >= 15 is 0 Å². The number of hydrazine groups is 1. The van der Waals surface area contributed by atoms with Crippen molar-refractivity contribution in [3.8, 4) is 11.3 Å². The Bertz CT molecular complexity index is 1420. The highest BCUT2D eigenvalue weighted by molar-refractivity contribution is 7.90. The van der Waals surface area contributed by atoms with E-state index in [4.69, 9.17) is 17.4 Å². The van der Waals surface area contributed by atoms with E-state index in [0.29, 0.717) is 40.2 Å². The Morgan fingerprint density at radius 2 is 1.88 bits per heavy atom. The highest BCUT2D eigenvalue weighted by Gasteiger charge is 2.23. The monoisotopic (exact) mass is 496 g/mol. The summed E-state index contributed by atoms with van der Waals surface area (Å²) in [5, 5.41) is 6.21. The Balaban J connectivity index is 1.53. The molecule has 0 radical (unpaired) electrons. The second-order valence-electron chi connectivity index (χ2n) is 8.45. The van der Waals surface area contributed by atoms with Gasteiger partial charge in [0.15, 0.2) is 0 Å². The molecule has 34 heavy (non-hydrogen) atoms. The molecule has 2 aromatic heterocycles. The van der Waals surface area contributed by atoms with Crippen LogP contribution < -0.4 is 11.2 Å². The van der Waals surface area contributed by atoms with Gasteiger partial charge in [0.1, 0.15) is 0 Å². The van der Waals surface area contributed by atoms with Gasteiger partial charge in [-0.2, -0.15) is 0 Å². The van der Waals surface area contributed by atoms with E-state index < -0.39 is 10.0 Å². The Labute approximate surface area is 203 Å². The van der Waals surface area contributed by atoms with E-state index in [-0.39, 0.29) is 4.90 Å². The number of nitrogens with two attached hydrogens (primary N) is 1. The lowest BCUT2D eigenvalue weighted by molar-refractivity contribution is 0.184. The van der Waals surface area contributed by atoms with Crippen molar-refractivity contribution in [1.29, 1.82) is 0 Å². The molecule has 0 aliphatic carbocycles. The normalized spacial score (nSPS) is 17.2. The number of halogens is 1. The first-order chi connectivity index (χ1) is 16.4. The molecule has 10 heteroatoms. The predicted octanol–water partition coefficient (Wildman–Crippen LogP) is 3.99. The zero-order valence-electron chi connectivity index (χ0n) is 18.4. The molecule has 4 aromatic rings. The topological polar surface area (TPSA) is 106 Å². The summed E-state index contributed by atoms with van der Waals surface area (Å²) >= 11 is 6.50. The molecule has 0 bridgehead atoms. The lowest BCUT2D eigenvalue weighted by Crippen LogP contribution is -2.42. The highest BCUT2D eigenvalue weighted by atomic mass is 35.5. The van der Waals surface area contributed by atoms with E-state index in [1.807, 2.05) is 23.2 Å². The van der Waals surface area contributed by atoms with Crippen molar-refractivity contribution in [3.63, 3.8) is 0 Å². The number of fused-ring (bicyclic) bond motifs is 1. The van der Waals surface area contributed by atoms with E-state index in [2.05, 4.69) is 15.3 Å². The molecule has 1 fully saturated rings. The largest absolute Gasteiger partial charge is 0.354 e. The molecule has 176 valence electrons. The zero-order chi connectivity index (χ0) is 23.7. The first-order valence-electron chi connectivity index (χ1n) is 11.1. The molecule has 1 saturated heterocycles. The minimum atomic E-state index is -3.81. The minimum absolute atomic E-state index is 0.208. The number of aromatic nitrogens is 3. The van der Waals surface area contributed by atoms with Gasteiger partial charge in [0.25, 0.3) is 10.0 Å². The Morgan fingerprint density at radius 1 is 1.12 bits per heavy atom. The Morgan fingerprint density at radius 3 is 2.68 bits per heavy atom. The molecular weight excluding hydrogens is 472 g/mol. The molecule has 0 amide bonds. The summed E-state index contributed by atoms with van der Waals surface area (Å²) in [7, 11) is -3.81. The number of nitrogens with zero attached hydrogens (tertiary/aromatic N) is 4. The van der Waals surface area contributed by atoms with Crippen LogP contribution >= 0.6 is 11.6 Å². The molecule has 2 aromatic carbocycles. The molecule has 1 unspecified atom stereocenters. The average Bonchev–Trinajstić information content (AvgIpc) is 3.25. The number of hydrogen-bond acceptors (Lipinski definition) is 7. The second kappa shape index (κ2) is 9.34. The van der Waals surface area contributed by atoms with E-state index in [9.17, 15) is 8.42 Å². The van der Waals surface area contributed by atoms with Crippen LogP contribution in [0.5, 0.6) is 0 Å². The number of piperidine rings is 1. The van der Waals surface area contributed by atoms with Gasteiger partial charge in [-0.15, -0.1) is 0 Å². The standard InChI is InChI=1S/C24H25ClN6O2S/c25-21-14-28-24(27-13-17-7-6-12-30(26)15-17)29-23(21)20-16-31(22-11-5-4-10-19(20)22)34(32,33)18-8-2-1-3-9-18/h1-5,8-11,14,16-17H,6-7,12-13,15,26H2,(H,27,28,29). The Kier molecular flexibility index (Phi) is 6.26. The third kappa shape index (κ3) is 4.39. The first kappa shape index (κ1) is 22.8. The minimum Gasteiger partial charge on any atom is -0.354 e. The van der Waals surface area contributed by atoms with Crippen LogP contribution in [0.3, 0.4) is 0 Å². The summed E-state index contributed by atoms with van der Waals surface area (Å²) in [4.78, 5) is 9.19. The maximum absolute atomic E-state index is 13.4. The molecular formula is C24H25ClN6O2S. The van der Waals surface area contributed by atoms with Crippen LogP contribution in [0, 0.1) is 5.92 Å². The first-order valence-corrected chi connectivity index (χ1v) is 12.9. The van der Waals surface area contributed by atoms with Crippen molar-refractivity contribution < 1.29 is 8.42 Å². The fourth-order valence-electron chi connectivity index (χ4n) is 4.38. The summed E-state index contributed by atoms with van der Waals surface area (Å²) in [6, 6.07) is 15.7. The van der Waals surface area contributed by atoms with Gasteiger partial charge in [0, 0.05) is 36.8 Å². The maximum atomic E-state index is 13.4. The van der Waals surface area contributed by atoms with Crippen molar-refractivity contribution in [2.24, 2.45) is 11.8 Å². The lowest BCUT2D eigenvalue weighted by Gasteiger charge is -2.29. The number of nitrogens with one attached hydrogen (secondary N) is 1. The molecule has 1 aliphatic rings. The van der Waals surface area contributed by atoms with Crippen LogP contribution in [0.1, 0.15) is 12.8 Å². The van der Waals surface area contributed by atoms with Gasteiger partial charge in [-0.1, -0.05) is 48.0 Å². The molecule has 1 aliphatic heterocycles. The summed E-state index contributed by atoms with van der Waals surface area (Å²) in [5.41, 5.74) is 1.65. The van der Waals surface area contributed by atoms with Crippen molar-refractivity contribution in [2.75, 3.05) is 25.0 Å². The molecule has 8 nitrogen and oxygen atoms in total. The molecule has 3 heterocycles. The third-order valence-corrected chi connectivity index (χ3v) is 8.04. The third-order valence-electron chi connectivity index (χ3n) is 6.08. The number of hydrogen-bond donors (Lipinski definition) is 2. The number of para-hydroxylation sites is 1. The van der Waals surface area contributed by atoms with Crippen LogP contribution in [-0.2, 0) is 10.0 Å². The van der Waals surface area contributed by atoms with Crippen LogP contribution in [0.25, 0.3) is 22.2 Å². The number of benzene rings is 2. The highest BCUT2D eigenvalue weighted by Crippen LogP contribution is 2.35. The molecule has 3 N–H and O–H groups in total. The fraction of sp³-hybridized carbons (Fsp3) is 0.250. The van der Waals surface area contributed by atoms with Crippen molar-refractivity contribution in [2.45, 2.75) is 17.7 Å². The predicted molar refractivity (Wildman–Crippen MR) is 134 cm³/mol. The van der Waals surface area contributed by atoms with Crippen molar-refractivity contribution in [3.05, 3.63) is 72.0 Å². The van der Waals surface area contributed by atoms with E-state index in [1.54, 1.807) is 48.8 Å². The average molecular weight is 497 g/mol. The van der Waals surface area contributed by atoms with Gasteiger partial charge in [-0.05, 0) is 37.0 Å². The SMILES string of the molecule is NN1CCCC(CNc2ncc(Cl)c(-c3cn(S(=O)(=O)c4ccccc4)c4ccccc34)n2)C1. The molecule has 0 saturated carbocycles. The van der Waals surface area contributed by atoms with Gasteiger partial charge in [0.05, 0.1) is 27.3 Å². The molecule has 0 spiro atoms. The van der Waals surface area contributed by atoms with Crippen LogP contribution in [-0.4, -0.2) is 47.0 Å². The number of anilines is 1. The van der Waals surface area contributed by atoms with Gasteiger partial charge in [-0.3, -0.25) is 5.84 Å². The fourth-order valence-corrected chi connectivity index (χ4v) is 5.97. The van der Waals surface area contributed by atoms with Crippen molar-refractivity contribution >= 4 is 38.5 Å². The lowest BCUT2D eigenvalue weighted by atomic mass is 9.99. The summed E-state index contributed by atoms with van der Waals surface area (Å²) < 4.78 is 28.1. The summed E-state index contributed by atoms with van der Waals surface area (Å²) in [5.74, 6) is 6.80. The maximum Gasteiger partial charge on any atom is 0.268 e. The Hall–Kier alpha value is -2.98. The summed E-state index contributed by atoms with van der Waals surface area (Å²) in [6.07, 6.45) is 5.27. The van der Waals surface area contributed by atoms with E-state index in [0.717, 1.165) is 31.3 Å². The van der Waals surface area contributed by atoms with Crippen LogP contribution in [0.15, 0.2) is 71.9 Å². The smallest absolute Gasteiger partial charge is 0.268 e. The van der Waals surface area contributed by atoms with E-state index in [1.165, 1.54) is 3.97 Å². The van der Waals surface area contributed by atoms with Crippen molar-refractivity contribution in [1.82, 2.24) is 18.9 Å².